The van der Waals surface area contributed by atoms with Gasteiger partial charge in [-0.1, -0.05) is 0 Å². The molecular weight excluding hydrogens is 208 g/mol. The molecule has 16 heavy (non-hydrogen) atoms. The molecule has 2 heterocycles. The van der Waals surface area contributed by atoms with Gasteiger partial charge in [0.15, 0.2) is 0 Å². The number of hydrogen-bond donors (Lipinski definition) is 1. The summed E-state index contributed by atoms with van der Waals surface area (Å²) in [5.41, 5.74) is -0.907. The second-order valence-electron chi connectivity index (χ2n) is 5.47. The van der Waals surface area contributed by atoms with Crippen molar-refractivity contribution in [2.45, 2.75) is 26.7 Å². The molecule has 2 aliphatic rings. The van der Waals surface area contributed by atoms with Gasteiger partial charge in [-0.05, 0) is 32.6 Å². The Balaban J connectivity index is 2.21. The van der Waals surface area contributed by atoms with Crippen LogP contribution in [0.25, 0.3) is 0 Å². The molecule has 1 N–H and O–H groups in total. The quantitative estimate of drug-likeness (QED) is 0.796. The average Bonchev–Trinajstić information content (AvgIpc) is 2.16. The van der Waals surface area contributed by atoms with Crippen LogP contribution in [0.4, 0.5) is 0 Å². The van der Waals surface area contributed by atoms with Gasteiger partial charge in [-0.25, -0.2) is 0 Å². The number of carbonyl (C=O) groups is 1. The zero-order valence-corrected chi connectivity index (χ0v) is 9.99. The van der Waals surface area contributed by atoms with Gasteiger partial charge in [0.25, 0.3) is 0 Å². The van der Waals surface area contributed by atoms with Crippen LogP contribution in [0, 0.1) is 16.7 Å². The molecule has 4 heteroatoms. The highest BCUT2D eigenvalue weighted by molar-refractivity contribution is 5.75. The van der Waals surface area contributed by atoms with Crippen LogP contribution < -0.4 is 0 Å². The molecule has 0 aromatic heterocycles. The predicted octanol–water partition coefficient (Wildman–Crippen LogP) is 1.54. The molecule has 2 rings (SSSR count). The molecule has 0 bridgehead atoms. The second kappa shape index (κ2) is 4.00. The minimum absolute atomic E-state index is 0.192. The first kappa shape index (κ1) is 11.9. The Morgan fingerprint density at radius 2 is 1.81 bits per heavy atom. The van der Waals surface area contributed by atoms with Gasteiger partial charge >= 0.3 is 5.97 Å². The van der Waals surface area contributed by atoms with E-state index in [1.807, 2.05) is 13.8 Å². The largest absolute Gasteiger partial charge is 0.481 e. The van der Waals surface area contributed by atoms with Gasteiger partial charge in [0.05, 0.1) is 18.6 Å². The first-order valence-corrected chi connectivity index (χ1v) is 5.89. The Morgan fingerprint density at radius 1 is 1.25 bits per heavy atom. The summed E-state index contributed by atoms with van der Waals surface area (Å²) in [6.45, 7) is 6.32. The Bertz CT molecular complexity index is 275. The van der Waals surface area contributed by atoms with Gasteiger partial charge in [-0.15, -0.1) is 0 Å². The Kier molecular flexibility index (Phi) is 2.97. The number of hydrogen-bond acceptors (Lipinski definition) is 3. The lowest BCUT2D eigenvalue weighted by molar-refractivity contribution is -0.226. The number of carboxylic acids is 1. The molecular formula is C12H20O4. The number of aliphatic carboxylic acids is 1. The summed E-state index contributed by atoms with van der Waals surface area (Å²) in [6, 6.07) is 0. The third-order valence-corrected chi connectivity index (χ3v) is 4.50. The molecule has 0 aromatic carbocycles. The Morgan fingerprint density at radius 3 is 2.19 bits per heavy atom. The van der Waals surface area contributed by atoms with Crippen molar-refractivity contribution in [3.63, 3.8) is 0 Å². The summed E-state index contributed by atoms with van der Waals surface area (Å²) < 4.78 is 10.7. The summed E-state index contributed by atoms with van der Waals surface area (Å²) in [4.78, 5) is 11.4. The lowest BCUT2D eigenvalue weighted by Crippen LogP contribution is -2.61. The third-order valence-electron chi connectivity index (χ3n) is 4.50. The van der Waals surface area contributed by atoms with Crippen LogP contribution in [0.15, 0.2) is 0 Å². The average molecular weight is 228 g/mol. The Hall–Kier alpha value is -0.610. The van der Waals surface area contributed by atoms with Crippen LogP contribution in [0.1, 0.15) is 26.7 Å². The smallest absolute Gasteiger partial charge is 0.309 e. The highest BCUT2D eigenvalue weighted by Crippen LogP contribution is 2.53. The normalized spacial score (nSPS) is 26.1. The van der Waals surface area contributed by atoms with E-state index < -0.39 is 11.4 Å². The SMILES string of the molecule is CC(C)(C(=O)O)C1(C2CCOCC2)COC1. The molecule has 0 amide bonds. The van der Waals surface area contributed by atoms with Crippen molar-refractivity contribution in [1.82, 2.24) is 0 Å². The summed E-state index contributed by atoms with van der Waals surface area (Å²) >= 11 is 0. The number of ether oxygens (including phenoxy) is 2. The summed E-state index contributed by atoms with van der Waals surface area (Å²) in [5.74, 6) is -0.302. The number of carboxylic acid groups (broad SMARTS) is 1. The maximum Gasteiger partial charge on any atom is 0.309 e. The maximum absolute atomic E-state index is 11.4. The van der Waals surface area contributed by atoms with Gasteiger partial charge in [0.2, 0.25) is 0 Å². The zero-order chi connectivity index (χ0) is 11.8. The van der Waals surface area contributed by atoms with Crippen LogP contribution in [0.3, 0.4) is 0 Å². The van der Waals surface area contributed by atoms with E-state index in [0.717, 1.165) is 26.1 Å². The molecule has 0 atom stereocenters. The zero-order valence-electron chi connectivity index (χ0n) is 9.99. The molecule has 0 aromatic rings. The molecule has 0 saturated carbocycles. The molecule has 0 aliphatic carbocycles. The third kappa shape index (κ3) is 1.55. The molecule has 0 unspecified atom stereocenters. The standard InChI is InChI=1S/C12H20O4/c1-11(2,10(13)14)12(7-16-8-12)9-3-5-15-6-4-9/h9H,3-8H2,1-2H3,(H,13,14). The fourth-order valence-corrected chi connectivity index (χ4v) is 2.89. The topological polar surface area (TPSA) is 55.8 Å². The van der Waals surface area contributed by atoms with Crippen LogP contribution in [0.5, 0.6) is 0 Å². The first-order chi connectivity index (χ1) is 7.51. The summed E-state index contributed by atoms with van der Waals surface area (Å²) in [7, 11) is 0. The predicted molar refractivity (Wildman–Crippen MR) is 58.2 cm³/mol. The maximum atomic E-state index is 11.4. The summed E-state index contributed by atoms with van der Waals surface area (Å²) in [5, 5.41) is 9.39. The van der Waals surface area contributed by atoms with Crippen molar-refractivity contribution < 1.29 is 19.4 Å². The monoisotopic (exact) mass is 228 g/mol. The lowest BCUT2D eigenvalue weighted by Gasteiger charge is -2.55. The van der Waals surface area contributed by atoms with Gasteiger partial charge in [0, 0.05) is 18.6 Å². The lowest BCUT2D eigenvalue weighted by atomic mass is 9.56. The van der Waals surface area contributed by atoms with E-state index in [9.17, 15) is 9.90 Å². The minimum Gasteiger partial charge on any atom is -0.481 e. The van der Waals surface area contributed by atoms with Crippen molar-refractivity contribution in [3.8, 4) is 0 Å². The van der Waals surface area contributed by atoms with Crippen LogP contribution in [-0.4, -0.2) is 37.5 Å². The van der Waals surface area contributed by atoms with E-state index >= 15 is 0 Å². The first-order valence-electron chi connectivity index (χ1n) is 5.89. The molecule has 2 fully saturated rings. The van der Waals surface area contributed by atoms with E-state index in [1.54, 1.807) is 0 Å². The van der Waals surface area contributed by atoms with E-state index in [0.29, 0.717) is 19.1 Å². The van der Waals surface area contributed by atoms with Crippen LogP contribution in [-0.2, 0) is 14.3 Å². The minimum atomic E-state index is -0.720. The fourth-order valence-electron chi connectivity index (χ4n) is 2.89. The molecule has 0 radical (unpaired) electrons. The van der Waals surface area contributed by atoms with Crippen molar-refractivity contribution in [2.75, 3.05) is 26.4 Å². The van der Waals surface area contributed by atoms with E-state index in [4.69, 9.17) is 9.47 Å². The highest BCUT2D eigenvalue weighted by atomic mass is 16.5. The van der Waals surface area contributed by atoms with Crippen LogP contribution >= 0.6 is 0 Å². The number of rotatable bonds is 3. The van der Waals surface area contributed by atoms with Crippen LogP contribution in [0.2, 0.25) is 0 Å². The van der Waals surface area contributed by atoms with Gasteiger partial charge in [-0.2, -0.15) is 0 Å². The molecule has 4 nitrogen and oxygen atoms in total. The van der Waals surface area contributed by atoms with E-state index in [2.05, 4.69) is 0 Å². The molecule has 2 aliphatic heterocycles. The van der Waals surface area contributed by atoms with Gasteiger partial charge in [-0.3, -0.25) is 4.79 Å². The molecule has 0 spiro atoms. The van der Waals surface area contributed by atoms with Gasteiger partial charge in [0.1, 0.15) is 0 Å². The fraction of sp³-hybridized carbons (Fsp3) is 0.917. The van der Waals surface area contributed by atoms with Crippen molar-refractivity contribution >= 4 is 5.97 Å². The molecule has 92 valence electrons. The van der Waals surface area contributed by atoms with E-state index in [1.165, 1.54) is 0 Å². The van der Waals surface area contributed by atoms with Crippen molar-refractivity contribution in [3.05, 3.63) is 0 Å². The highest BCUT2D eigenvalue weighted by Gasteiger charge is 2.59. The summed E-state index contributed by atoms with van der Waals surface area (Å²) in [6.07, 6.45) is 1.92. The van der Waals surface area contributed by atoms with Crippen molar-refractivity contribution in [1.29, 1.82) is 0 Å². The van der Waals surface area contributed by atoms with Crippen molar-refractivity contribution in [2.24, 2.45) is 16.7 Å². The van der Waals surface area contributed by atoms with Gasteiger partial charge < -0.3 is 14.6 Å². The van der Waals surface area contributed by atoms with E-state index in [-0.39, 0.29) is 5.41 Å². The second-order valence-corrected chi connectivity index (χ2v) is 5.47. The Labute approximate surface area is 95.9 Å². The molecule has 2 saturated heterocycles.